The van der Waals surface area contributed by atoms with Crippen LogP contribution in [0.2, 0.25) is 0 Å². The molecule has 0 radical (unpaired) electrons. The number of benzene rings is 1. The van der Waals surface area contributed by atoms with Crippen molar-refractivity contribution < 1.29 is 18.3 Å². The number of H-pyrrole nitrogens is 1. The average molecular weight is 286 g/mol. The summed E-state index contributed by atoms with van der Waals surface area (Å²) in [6.07, 6.45) is 0.0909. The maximum atomic E-state index is 13.2. The van der Waals surface area contributed by atoms with Crippen molar-refractivity contribution in [2.24, 2.45) is 0 Å². The molecule has 1 aromatic carbocycles. The van der Waals surface area contributed by atoms with E-state index in [1.165, 1.54) is 0 Å². The maximum absolute atomic E-state index is 13.2. The van der Waals surface area contributed by atoms with Crippen molar-refractivity contribution in [3.8, 4) is 11.6 Å². The Morgan fingerprint density at radius 2 is 1.75 bits per heavy atom. The van der Waals surface area contributed by atoms with Gasteiger partial charge < -0.3 is 5.11 Å². The summed E-state index contributed by atoms with van der Waals surface area (Å²) in [5, 5.41) is 9.86. The minimum atomic E-state index is -1.69. The second-order valence-electron chi connectivity index (χ2n) is 3.97. The third-order valence-corrected chi connectivity index (χ3v) is 2.76. The van der Waals surface area contributed by atoms with E-state index in [4.69, 9.17) is 0 Å². The smallest absolute Gasteiger partial charge is 0.335 e. The van der Waals surface area contributed by atoms with Gasteiger partial charge in [0.25, 0.3) is 5.56 Å². The highest BCUT2D eigenvalue weighted by atomic mass is 19.2. The van der Waals surface area contributed by atoms with Crippen LogP contribution in [0.25, 0.3) is 5.69 Å². The van der Waals surface area contributed by atoms with Gasteiger partial charge in [0.15, 0.2) is 17.5 Å². The summed E-state index contributed by atoms with van der Waals surface area (Å²) in [7, 11) is 0. The molecular weight excluding hydrogens is 277 g/mol. The number of rotatable bonds is 2. The Hall–Kier alpha value is -2.51. The van der Waals surface area contributed by atoms with E-state index in [2.05, 4.69) is 0 Å². The second kappa shape index (κ2) is 4.87. The van der Waals surface area contributed by atoms with Crippen LogP contribution in [0.1, 0.15) is 12.5 Å². The van der Waals surface area contributed by atoms with Gasteiger partial charge in [0.1, 0.15) is 0 Å². The molecule has 8 heteroatoms. The summed E-state index contributed by atoms with van der Waals surface area (Å²) < 4.78 is 39.7. The molecule has 0 amide bonds. The van der Waals surface area contributed by atoms with Crippen LogP contribution >= 0.6 is 0 Å². The van der Waals surface area contributed by atoms with Gasteiger partial charge in [-0.15, -0.1) is 0 Å². The molecular formula is C12H9F3N2O3. The Morgan fingerprint density at radius 1 is 1.20 bits per heavy atom. The van der Waals surface area contributed by atoms with Crippen molar-refractivity contribution in [2.45, 2.75) is 13.3 Å². The van der Waals surface area contributed by atoms with Crippen LogP contribution in [0, 0.1) is 17.5 Å². The van der Waals surface area contributed by atoms with Crippen LogP contribution in [0.3, 0.4) is 0 Å². The Bertz CT molecular complexity index is 773. The normalized spacial score (nSPS) is 10.8. The van der Waals surface area contributed by atoms with E-state index < -0.39 is 40.3 Å². The summed E-state index contributed by atoms with van der Waals surface area (Å²) in [5.41, 5.74) is -2.45. The van der Waals surface area contributed by atoms with E-state index in [1.807, 2.05) is 4.98 Å². The van der Waals surface area contributed by atoms with Crippen molar-refractivity contribution in [3.05, 3.63) is 56.0 Å². The highest BCUT2D eigenvalue weighted by Gasteiger charge is 2.17. The molecule has 0 aliphatic rings. The molecule has 2 N–H and O–H groups in total. The summed E-state index contributed by atoms with van der Waals surface area (Å²) >= 11 is 0. The van der Waals surface area contributed by atoms with E-state index in [0.717, 1.165) is 0 Å². The first-order chi connectivity index (χ1) is 9.36. The van der Waals surface area contributed by atoms with E-state index in [-0.39, 0.29) is 12.0 Å². The Morgan fingerprint density at radius 3 is 2.25 bits per heavy atom. The van der Waals surface area contributed by atoms with Crippen LogP contribution in [-0.2, 0) is 6.42 Å². The average Bonchev–Trinajstić information content (AvgIpc) is 2.35. The van der Waals surface area contributed by atoms with E-state index in [9.17, 15) is 27.9 Å². The molecule has 1 heterocycles. The van der Waals surface area contributed by atoms with Crippen molar-refractivity contribution in [1.29, 1.82) is 0 Å². The largest absolute Gasteiger partial charge is 0.494 e. The fourth-order valence-corrected chi connectivity index (χ4v) is 1.79. The third-order valence-electron chi connectivity index (χ3n) is 2.76. The fraction of sp³-hybridized carbons (Fsp3) is 0.167. The van der Waals surface area contributed by atoms with E-state index in [0.29, 0.717) is 16.7 Å². The van der Waals surface area contributed by atoms with Gasteiger partial charge in [-0.25, -0.2) is 22.5 Å². The lowest BCUT2D eigenvalue weighted by Crippen LogP contribution is -2.31. The fourth-order valence-electron chi connectivity index (χ4n) is 1.79. The number of hydrogen-bond acceptors (Lipinski definition) is 3. The van der Waals surface area contributed by atoms with Gasteiger partial charge in [-0.05, 0) is 6.42 Å². The SMILES string of the molecule is CCc1c(O)n(-c2cc(F)c(F)c(F)c2)c(=O)[nH]c1=O. The first-order valence-corrected chi connectivity index (χ1v) is 5.58. The van der Waals surface area contributed by atoms with Crippen LogP contribution < -0.4 is 11.2 Å². The summed E-state index contributed by atoms with van der Waals surface area (Å²) in [4.78, 5) is 25.0. The minimum Gasteiger partial charge on any atom is -0.494 e. The van der Waals surface area contributed by atoms with Crippen LogP contribution in [0.5, 0.6) is 5.88 Å². The molecule has 0 spiro atoms. The zero-order valence-corrected chi connectivity index (χ0v) is 10.2. The highest BCUT2D eigenvalue weighted by molar-refractivity contribution is 5.39. The van der Waals surface area contributed by atoms with Crippen molar-refractivity contribution in [1.82, 2.24) is 9.55 Å². The molecule has 0 fully saturated rings. The van der Waals surface area contributed by atoms with Gasteiger partial charge in [-0.3, -0.25) is 9.78 Å². The van der Waals surface area contributed by atoms with E-state index >= 15 is 0 Å². The molecule has 20 heavy (non-hydrogen) atoms. The molecule has 0 aliphatic carbocycles. The monoisotopic (exact) mass is 286 g/mol. The van der Waals surface area contributed by atoms with Crippen LogP contribution in [0.15, 0.2) is 21.7 Å². The van der Waals surface area contributed by atoms with Gasteiger partial charge in [0, 0.05) is 12.1 Å². The van der Waals surface area contributed by atoms with Gasteiger partial charge in [-0.2, -0.15) is 0 Å². The van der Waals surface area contributed by atoms with Gasteiger partial charge in [0.05, 0.1) is 11.3 Å². The molecule has 0 atom stereocenters. The molecule has 2 rings (SSSR count). The number of nitrogens with zero attached hydrogens (tertiary/aromatic N) is 1. The highest BCUT2D eigenvalue weighted by Crippen LogP contribution is 2.20. The zero-order valence-electron chi connectivity index (χ0n) is 10.2. The van der Waals surface area contributed by atoms with Gasteiger partial charge >= 0.3 is 5.69 Å². The molecule has 0 saturated heterocycles. The minimum absolute atomic E-state index is 0.0909. The quantitative estimate of drug-likeness (QED) is 0.815. The first kappa shape index (κ1) is 13.9. The predicted molar refractivity (Wildman–Crippen MR) is 63.6 cm³/mol. The van der Waals surface area contributed by atoms with Crippen molar-refractivity contribution in [3.63, 3.8) is 0 Å². The summed E-state index contributed by atoms with van der Waals surface area (Å²) in [6, 6.07) is 1.08. The lowest BCUT2D eigenvalue weighted by atomic mass is 10.2. The molecule has 106 valence electrons. The molecule has 5 nitrogen and oxygen atoms in total. The zero-order chi connectivity index (χ0) is 15.0. The number of nitrogens with one attached hydrogen (secondary N) is 1. The molecule has 0 saturated carbocycles. The lowest BCUT2D eigenvalue weighted by molar-refractivity contribution is 0.419. The van der Waals surface area contributed by atoms with Crippen molar-refractivity contribution >= 4 is 0 Å². The Balaban J connectivity index is 2.83. The predicted octanol–water partition coefficient (Wildman–Crippen LogP) is 1.21. The Kier molecular flexibility index (Phi) is 3.39. The molecule has 0 unspecified atom stereocenters. The maximum Gasteiger partial charge on any atom is 0.335 e. The third kappa shape index (κ3) is 2.09. The van der Waals surface area contributed by atoms with Crippen LogP contribution in [-0.4, -0.2) is 14.7 Å². The van der Waals surface area contributed by atoms with Gasteiger partial charge in [-0.1, -0.05) is 6.92 Å². The summed E-state index contributed by atoms with van der Waals surface area (Å²) in [6.45, 7) is 1.55. The molecule has 2 aromatic rings. The second-order valence-corrected chi connectivity index (χ2v) is 3.97. The number of halogens is 3. The molecule has 0 aliphatic heterocycles. The standard InChI is InChI=1S/C12H9F3N2O3/c1-2-6-10(18)16-12(20)17(11(6)19)5-3-7(13)9(15)8(14)4-5/h3-4,19H,2H2,1H3,(H,16,18,20). The molecule has 0 bridgehead atoms. The van der Waals surface area contributed by atoms with Crippen LogP contribution in [0.4, 0.5) is 13.2 Å². The first-order valence-electron chi connectivity index (χ1n) is 5.58. The number of aromatic hydroxyl groups is 1. The number of aromatic nitrogens is 2. The summed E-state index contributed by atoms with van der Waals surface area (Å²) in [5.74, 6) is -5.47. The van der Waals surface area contributed by atoms with Gasteiger partial charge in [0.2, 0.25) is 5.88 Å². The van der Waals surface area contributed by atoms with Crippen molar-refractivity contribution in [2.75, 3.05) is 0 Å². The Labute approximate surface area is 109 Å². The topological polar surface area (TPSA) is 75.1 Å². The number of aromatic amines is 1. The molecule has 1 aromatic heterocycles. The number of hydrogen-bond donors (Lipinski definition) is 2. The van der Waals surface area contributed by atoms with E-state index in [1.54, 1.807) is 6.92 Å². The lowest BCUT2D eigenvalue weighted by Gasteiger charge is -2.11.